The lowest BCUT2D eigenvalue weighted by molar-refractivity contribution is -0.206. The van der Waals surface area contributed by atoms with Gasteiger partial charge in [0.2, 0.25) is 0 Å². The Labute approximate surface area is 122 Å². The topological polar surface area (TPSA) is 35.5 Å². The molecule has 1 saturated carbocycles. The van der Waals surface area contributed by atoms with Gasteiger partial charge in [0.25, 0.3) is 0 Å². The van der Waals surface area contributed by atoms with Crippen LogP contribution in [0.3, 0.4) is 0 Å². The van der Waals surface area contributed by atoms with Gasteiger partial charge in [0.05, 0.1) is 19.1 Å². The summed E-state index contributed by atoms with van der Waals surface area (Å²) in [5.41, 5.74) is 1.13. The molecule has 0 radical (unpaired) electrons. The molecule has 2 atom stereocenters. The molecule has 0 aromatic carbocycles. The highest BCUT2D eigenvalue weighted by Crippen LogP contribution is 2.46. The number of carbonyl (C=O) groups is 1. The molecule has 1 aliphatic heterocycles. The normalized spacial score (nSPS) is 28.8. The van der Waals surface area contributed by atoms with E-state index in [-0.39, 0.29) is 5.92 Å². The van der Waals surface area contributed by atoms with Crippen LogP contribution in [0.15, 0.2) is 24.8 Å². The Balaban J connectivity index is 2.14. The molecule has 2 rings (SSSR count). The molecule has 0 bridgehead atoms. The van der Waals surface area contributed by atoms with Gasteiger partial charge in [-0.3, -0.25) is 4.79 Å². The molecule has 3 nitrogen and oxygen atoms in total. The lowest BCUT2D eigenvalue weighted by atomic mass is 9.81. The van der Waals surface area contributed by atoms with Gasteiger partial charge >= 0.3 is 0 Å². The molecular weight excluding hydrogens is 252 g/mol. The van der Waals surface area contributed by atoms with Crippen molar-refractivity contribution in [3.8, 4) is 0 Å². The summed E-state index contributed by atoms with van der Waals surface area (Å²) in [6.07, 6.45) is 7.05. The van der Waals surface area contributed by atoms with Crippen LogP contribution in [-0.2, 0) is 14.3 Å². The fourth-order valence-corrected chi connectivity index (χ4v) is 3.63. The molecule has 1 saturated heterocycles. The molecule has 0 spiro atoms. The van der Waals surface area contributed by atoms with Gasteiger partial charge in [-0.05, 0) is 38.5 Å². The summed E-state index contributed by atoms with van der Waals surface area (Å²) in [5.74, 6) is -0.179. The van der Waals surface area contributed by atoms with E-state index in [0.29, 0.717) is 31.3 Å². The number of unbranched alkanes of at least 4 members (excludes halogenated alkanes) is 1. The summed E-state index contributed by atoms with van der Waals surface area (Å²) in [6.45, 7) is 11.0. The van der Waals surface area contributed by atoms with E-state index in [9.17, 15) is 4.79 Å². The average Bonchev–Trinajstić information content (AvgIpc) is 2.98. The van der Waals surface area contributed by atoms with Crippen LogP contribution in [-0.4, -0.2) is 24.8 Å². The van der Waals surface area contributed by atoms with Crippen molar-refractivity contribution in [3.05, 3.63) is 24.8 Å². The average molecular weight is 278 g/mol. The van der Waals surface area contributed by atoms with Crippen LogP contribution in [0.4, 0.5) is 0 Å². The number of allylic oxidation sites excluding steroid dienone is 2. The predicted octanol–water partition coefficient (Wildman–Crippen LogP) is 3.65. The number of Topliss-reactive ketones (excluding diaryl/α,β-unsaturated/α-hetero) is 1. The number of ketones is 1. The Bertz CT molecular complexity index is 380. The minimum absolute atomic E-state index is 0.119. The Morgan fingerprint density at radius 2 is 2.15 bits per heavy atom. The summed E-state index contributed by atoms with van der Waals surface area (Å²) >= 11 is 0. The lowest BCUT2D eigenvalue weighted by Crippen LogP contribution is -2.44. The van der Waals surface area contributed by atoms with Crippen molar-refractivity contribution < 1.29 is 14.3 Å². The third kappa shape index (κ3) is 3.21. The van der Waals surface area contributed by atoms with Crippen LogP contribution in [0.2, 0.25) is 0 Å². The standard InChI is InChI=1S/C17H26O3/c1-4-5-6-9-17(19-10-11-20-17)16-14(12-13(2)3)7-8-15(16)18/h4,14,16H,1-2,5-12H2,3H3/t14-,16-/m0/s1. The summed E-state index contributed by atoms with van der Waals surface area (Å²) in [4.78, 5) is 12.4. The summed E-state index contributed by atoms with van der Waals surface area (Å²) in [7, 11) is 0. The number of hydrogen-bond acceptors (Lipinski definition) is 3. The van der Waals surface area contributed by atoms with Gasteiger partial charge in [-0.25, -0.2) is 0 Å². The second-order valence-electron chi connectivity index (χ2n) is 6.09. The van der Waals surface area contributed by atoms with Crippen LogP contribution in [0.1, 0.15) is 45.4 Å². The fraction of sp³-hybridized carbons (Fsp3) is 0.706. The molecule has 0 unspecified atom stereocenters. The second-order valence-corrected chi connectivity index (χ2v) is 6.09. The van der Waals surface area contributed by atoms with Crippen molar-refractivity contribution in [2.45, 2.75) is 51.2 Å². The number of ether oxygens (including phenoxy) is 2. The van der Waals surface area contributed by atoms with E-state index >= 15 is 0 Å². The first-order chi connectivity index (χ1) is 9.59. The van der Waals surface area contributed by atoms with E-state index in [1.54, 1.807) is 0 Å². The molecule has 2 fully saturated rings. The summed E-state index contributed by atoms with van der Waals surface area (Å²) in [5, 5.41) is 0. The van der Waals surface area contributed by atoms with E-state index in [4.69, 9.17) is 9.47 Å². The van der Waals surface area contributed by atoms with Gasteiger partial charge in [-0.1, -0.05) is 11.6 Å². The molecule has 1 heterocycles. The highest BCUT2D eigenvalue weighted by molar-refractivity contribution is 5.84. The maximum atomic E-state index is 12.4. The van der Waals surface area contributed by atoms with Gasteiger partial charge < -0.3 is 9.47 Å². The van der Waals surface area contributed by atoms with E-state index in [1.165, 1.54) is 0 Å². The van der Waals surface area contributed by atoms with Gasteiger partial charge in [-0.15, -0.1) is 13.2 Å². The molecule has 2 aliphatic rings. The Hall–Kier alpha value is -0.930. The maximum Gasteiger partial charge on any atom is 0.178 e. The first kappa shape index (κ1) is 15.5. The van der Waals surface area contributed by atoms with E-state index < -0.39 is 5.79 Å². The van der Waals surface area contributed by atoms with E-state index in [0.717, 1.165) is 37.7 Å². The third-order valence-corrected chi connectivity index (χ3v) is 4.37. The number of hydrogen-bond donors (Lipinski definition) is 0. The molecule has 0 aromatic rings. The molecular formula is C17H26O3. The molecule has 0 N–H and O–H groups in total. The van der Waals surface area contributed by atoms with Crippen LogP contribution in [0, 0.1) is 11.8 Å². The molecule has 112 valence electrons. The Morgan fingerprint density at radius 3 is 2.75 bits per heavy atom. The zero-order valence-electron chi connectivity index (χ0n) is 12.5. The molecule has 20 heavy (non-hydrogen) atoms. The number of rotatable bonds is 7. The van der Waals surface area contributed by atoms with Crippen molar-refractivity contribution in [1.82, 2.24) is 0 Å². The van der Waals surface area contributed by atoms with E-state index in [1.807, 2.05) is 13.0 Å². The van der Waals surface area contributed by atoms with Gasteiger partial charge in [0.15, 0.2) is 5.79 Å². The number of carbonyl (C=O) groups excluding carboxylic acids is 1. The van der Waals surface area contributed by atoms with E-state index in [2.05, 4.69) is 13.2 Å². The fourth-order valence-electron chi connectivity index (χ4n) is 3.63. The highest BCUT2D eigenvalue weighted by atomic mass is 16.7. The molecule has 1 aliphatic carbocycles. The minimum Gasteiger partial charge on any atom is -0.347 e. The SMILES string of the molecule is C=CCCCC1([C@@H]2C(=O)CC[C@H]2CC(=C)C)OCCO1. The Kier molecular flexibility index (Phi) is 5.17. The van der Waals surface area contributed by atoms with Crippen LogP contribution in [0.25, 0.3) is 0 Å². The highest BCUT2D eigenvalue weighted by Gasteiger charge is 2.53. The zero-order valence-corrected chi connectivity index (χ0v) is 12.5. The summed E-state index contributed by atoms with van der Waals surface area (Å²) in [6, 6.07) is 0. The van der Waals surface area contributed by atoms with Crippen molar-refractivity contribution >= 4 is 5.78 Å². The van der Waals surface area contributed by atoms with Crippen LogP contribution in [0.5, 0.6) is 0 Å². The molecule has 0 amide bonds. The lowest BCUT2D eigenvalue weighted by Gasteiger charge is -2.36. The first-order valence-electron chi connectivity index (χ1n) is 7.65. The Morgan fingerprint density at radius 1 is 1.45 bits per heavy atom. The first-order valence-corrected chi connectivity index (χ1v) is 7.65. The van der Waals surface area contributed by atoms with Crippen LogP contribution < -0.4 is 0 Å². The van der Waals surface area contributed by atoms with Crippen molar-refractivity contribution in [2.75, 3.05) is 13.2 Å². The monoisotopic (exact) mass is 278 g/mol. The second kappa shape index (κ2) is 6.68. The summed E-state index contributed by atoms with van der Waals surface area (Å²) < 4.78 is 11.9. The minimum atomic E-state index is -0.684. The third-order valence-electron chi connectivity index (χ3n) is 4.37. The van der Waals surface area contributed by atoms with Crippen molar-refractivity contribution in [3.63, 3.8) is 0 Å². The van der Waals surface area contributed by atoms with Gasteiger partial charge in [0, 0.05) is 12.8 Å². The largest absolute Gasteiger partial charge is 0.347 e. The van der Waals surface area contributed by atoms with Crippen molar-refractivity contribution in [2.24, 2.45) is 11.8 Å². The zero-order chi connectivity index (χ0) is 14.6. The molecule has 3 heteroatoms. The van der Waals surface area contributed by atoms with Crippen LogP contribution >= 0.6 is 0 Å². The smallest absolute Gasteiger partial charge is 0.178 e. The van der Waals surface area contributed by atoms with Gasteiger partial charge in [-0.2, -0.15) is 0 Å². The van der Waals surface area contributed by atoms with Crippen molar-refractivity contribution in [1.29, 1.82) is 0 Å². The van der Waals surface area contributed by atoms with Gasteiger partial charge in [0.1, 0.15) is 5.78 Å². The maximum absolute atomic E-state index is 12.4. The quantitative estimate of drug-likeness (QED) is 0.527. The molecule has 0 aromatic heterocycles. The predicted molar refractivity (Wildman–Crippen MR) is 79.3 cm³/mol.